The normalized spacial score (nSPS) is 17.8. The van der Waals surface area contributed by atoms with E-state index in [0.29, 0.717) is 0 Å². The Labute approximate surface area is 292 Å². The molecule has 0 radical (unpaired) electrons. The lowest BCUT2D eigenvalue weighted by Crippen LogP contribution is -2.40. The molecule has 0 fully saturated rings. The van der Waals surface area contributed by atoms with Gasteiger partial charge in [-0.1, -0.05) is 143 Å². The van der Waals surface area contributed by atoms with Crippen LogP contribution in [0.3, 0.4) is 0 Å². The summed E-state index contributed by atoms with van der Waals surface area (Å²) < 4.78 is 19.5. The van der Waals surface area contributed by atoms with Crippen molar-refractivity contribution in [3.05, 3.63) is 24.3 Å². The third kappa shape index (κ3) is 20.7. The lowest BCUT2D eigenvalue weighted by atomic mass is 10.1. The Balaban J connectivity index is 1.82. The van der Waals surface area contributed by atoms with Crippen LogP contribution in [-0.2, 0) is 4.74 Å². The molecule has 2 unspecified atom stereocenters. The number of hydrogen-bond acceptors (Lipinski definition) is 5. The molecule has 47 heavy (non-hydrogen) atoms. The average molecular weight is 659 g/mol. The molecule has 3 rings (SSSR count). The van der Waals surface area contributed by atoms with Gasteiger partial charge in [0, 0.05) is 39.1 Å². The third-order valence-corrected chi connectivity index (χ3v) is 10.1. The maximum atomic E-state index is 6.66. The quantitative estimate of drug-likeness (QED) is 0.0925. The van der Waals surface area contributed by atoms with Crippen molar-refractivity contribution in [3.8, 4) is 11.5 Å². The van der Waals surface area contributed by atoms with E-state index in [-0.39, 0.29) is 12.5 Å². The zero-order valence-corrected chi connectivity index (χ0v) is 31.8. The molecular formula is C42H78N2O3. The van der Waals surface area contributed by atoms with Crippen LogP contribution >= 0.6 is 0 Å². The van der Waals surface area contributed by atoms with Crippen LogP contribution in [-0.4, -0.2) is 61.6 Å². The van der Waals surface area contributed by atoms with Gasteiger partial charge in [0.1, 0.15) is 11.5 Å². The van der Waals surface area contributed by atoms with E-state index in [1.807, 2.05) is 0 Å². The van der Waals surface area contributed by atoms with Crippen molar-refractivity contribution < 1.29 is 14.2 Å². The average Bonchev–Trinajstić information content (AvgIpc) is 3.10. The van der Waals surface area contributed by atoms with E-state index in [1.54, 1.807) is 0 Å². The molecule has 0 aromatic heterocycles. The molecule has 0 aliphatic carbocycles. The van der Waals surface area contributed by atoms with Gasteiger partial charge < -0.3 is 14.2 Å². The molecule has 0 saturated heterocycles. The van der Waals surface area contributed by atoms with Gasteiger partial charge in [0.05, 0.1) is 0 Å². The lowest BCUT2D eigenvalue weighted by molar-refractivity contribution is 0.00715. The molecule has 0 amide bonds. The SMILES string of the molecule is CCCCCCCCCCCCN(CC)C1CCCOCCCC(N(CC)CCCCCCCCCCCC)Oc2ccc(cc2)O1. The largest absolute Gasteiger partial charge is 0.475 e. The summed E-state index contributed by atoms with van der Waals surface area (Å²) in [4.78, 5) is 5.08. The number of unbranched alkanes of at least 4 members (excludes halogenated alkanes) is 18. The Hall–Kier alpha value is -1.30. The molecule has 2 bridgehead atoms. The molecule has 5 nitrogen and oxygen atoms in total. The van der Waals surface area contributed by atoms with Crippen LogP contribution in [0.1, 0.15) is 182 Å². The van der Waals surface area contributed by atoms with Crippen molar-refractivity contribution in [2.24, 2.45) is 0 Å². The van der Waals surface area contributed by atoms with Crippen LogP contribution in [0.4, 0.5) is 0 Å². The van der Waals surface area contributed by atoms with Gasteiger partial charge in [-0.05, 0) is 63.0 Å². The minimum atomic E-state index is 0.0865. The Morgan fingerprint density at radius 1 is 0.468 bits per heavy atom. The Morgan fingerprint density at radius 2 is 0.787 bits per heavy atom. The van der Waals surface area contributed by atoms with Crippen molar-refractivity contribution in [1.82, 2.24) is 9.80 Å². The van der Waals surface area contributed by atoms with Gasteiger partial charge in [-0.2, -0.15) is 0 Å². The van der Waals surface area contributed by atoms with E-state index in [1.165, 1.54) is 128 Å². The van der Waals surface area contributed by atoms with E-state index in [2.05, 4.69) is 61.8 Å². The second-order valence-electron chi connectivity index (χ2n) is 14.1. The number of ether oxygens (including phenoxy) is 3. The maximum absolute atomic E-state index is 6.66. The van der Waals surface area contributed by atoms with Gasteiger partial charge in [-0.3, -0.25) is 9.80 Å². The summed E-state index contributed by atoms with van der Waals surface area (Å²) in [6.45, 7) is 15.0. The van der Waals surface area contributed by atoms with Gasteiger partial charge in [0.25, 0.3) is 0 Å². The zero-order chi connectivity index (χ0) is 33.6. The smallest absolute Gasteiger partial charge is 0.152 e. The van der Waals surface area contributed by atoms with Crippen molar-refractivity contribution in [2.45, 2.75) is 194 Å². The first-order chi connectivity index (χ1) is 23.2. The number of hydrogen-bond donors (Lipinski definition) is 0. The van der Waals surface area contributed by atoms with Crippen LogP contribution in [0.5, 0.6) is 11.5 Å². The van der Waals surface area contributed by atoms with Crippen LogP contribution in [0, 0.1) is 0 Å². The third-order valence-electron chi connectivity index (χ3n) is 10.1. The van der Waals surface area contributed by atoms with Crippen LogP contribution in [0.15, 0.2) is 24.3 Å². The van der Waals surface area contributed by atoms with Gasteiger partial charge in [0.2, 0.25) is 0 Å². The second-order valence-corrected chi connectivity index (χ2v) is 14.1. The van der Waals surface area contributed by atoms with E-state index in [0.717, 1.165) is 76.6 Å². The standard InChI is InChI=1S/C42H78N2O3/c1-5-9-11-13-15-17-19-21-23-25-35-43(7-3)41-29-27-37-45-38-28-30-42(47-40-33-31-39(46-41)32-34-40)44(8-4)36-26-24-22-20-18-16-14-12-10-6-2/h31-34,41-42H,5-30,35-38H2,1-4H3. The van der Waals surface area contributed by atoms with E-state index in [4.69, 9.17) is 14.2 Å². The number of nitrogens with zero attached hydrogens (tertiary/aromatic N) is 2. The van der Waals surface area contributed by atoms with Crippen molar-refractivity contribution in [2.75, 3.05) is 39.4 Å². The fourth-order valence-corrected chi connectivity index (χ4v) is 6.98. The maximum Gasteiger partial charge on any atom is 0.152 e. The summed E-state index contributed by atoms with van der Waals surface area (Å²) in [6.07, 6.45) is 31.7. The van der Waals surface area contributed by atoms with Crippen molar-refractivity contribution in [3.63, 3.8) is 0 Å². The van der Waals surface area contributed by atoms with E-state index < -0.39 is 0 Å². The van der Waals surface area contributed by atoms with E-state index >= 15 is 0 Å². The summed E-state index contributed by atoms with van der Waals surface area (Å²) in [5, 5.41) is 0. The molecule has 2 aliphatic heterocycles. The highest BCUT2D eigenvalue weighted by Crippen LogP contribution is 2.25. The molecule has 0 N–H and O–H groups in total. The number of rotatable bonds is 26. The summed E-state index contributed by atoms with van der Waals surface area (Å²) in [5.41, 5.74) is 0. The fraction of sp³-hybridized carbons (Fsp3) is 0.857. The van der Waals surface area contributed by atoms with Crippen molar-refractivity contribution in [1.29, 1.82) is 0 Å². The second kappa shape index (κ2) is 29.6. The molecule has 0 spiro atoms. The number of fused-ring (bicyclic) bond motifs is 12. The highest BCUT2D eigenvalue weighted by Gasteiger charge is 2.21. The Bertz CT molecular complexity index is 739. The molecule has 0 saturated carbocycles. The summed E-state index contributed by atoms with van der Waals surface area (Å²) in [7, 11) is 0. The minimum absolute atomic E-state index is 0.0865. The predicted octanol–water partition coefficient (Wildman–Crippen LogP) is 12.2. The first-order valence-corrected chi connectivity index (χ1v) is 20.7. The van der Waals surface area contributed by atoms with Crippen molar-refractivity contribution >= 4 is 0 Å². The van der Waals surface area contributed by atoms with Gasteiger partial charge in [-0.15, -0.1) is 0 Å². The molecule has 2 atom stereocenters. The highest BCUT2D eigenvalue weighted by atomic mass is 16.5. The zero-order valence-electron chi connectivity index (χ0n) is 31.8. The van der Waals surface area contributed by atoms with E-state index in [9.17, 15) is 0 Å². The molecule has 274 valence electrons. The molecule has 1 aromatic carbocycles. The monoisotopic (exact) mass is 659 g/mol. The number of benzene rings is 1. The Morgan fingerprint density at radius 3 is 1.11 bits per heavy atom. The summed E-state index contributed by atoms with van der Waals surface area (Å²) >= 11 is 0. The summed E-state index contributed by atoms with van der Waals surface area (Å²) in [6, 6.07) is 8.45. The van der Waals surface area contributed by atoms with Crippen LogP contribution < -0.4 is 9.47 Å². The van der Waals surface area contributed by atoms with Gasteiger partial charge in [-0.25, -0.2) is 0 Å². The van der Waals surface area contributed by atoms with Gasteiger partial charge in [0.15, 0.2) is 12.5 Å². The lowest BCUT2D eigenvalue weighted by Gasteiger charge is -2.32. The van der Waals surface area contributed by atoms with Crippen LogP contribution in [0.2, 0.25) is 0 Å². The first-order valence-electron chi connectivity index (χ1n) is 20.7. The Kier molecular flexibility index (Phi) is 26.4. The van der Waals surface area contributed by atoms with Gasteiger partial charge >= 0.3 is 0 Å². The minimum Gasteiger partial charge on any atom is -0.475 e. The topological polar surface area (TPSA) is 34.2 Å². The molecule has 5 heteroatoms. The predicted molar refractivity (Wildman–Crippen MR) is 203 cm³/mol. The molecular weight excluding hydrogens is 580 g/mol. The first kappa shape index (κ1) is 41.9. The fourth-order valence-electron chi connectivity index (χ4n) is 6.98. The molecule has 1 aromatic rings. The van der Waals surface area contributed by atoms with Crippen LogP contribution in [0.25, 0.3) is 0 Å². The summed E-state index contributed by atoms with van der Waals surface area (Å²) in [5.74, 6) is 1.88. The molecule has 2 aliphatic rings. The highest BCUT2D eigenvalue weighted by molar-refractivity contribution is 5.31. The molecule has 2 heterocycles.